The zero-order valence-electron chi connectivity index (χ0n) is 14.6. The molecule has 0 radical (unpaired) electrons. The number of H-pyrrole nitrogens is 1. The molecule has 2 aromatic carbocycles. The molecule has 3 aromatic rings. The highest BCUT2D eigenvalue weighted by Crippen LogP contribution is 2.17. The highest BCUT2D eigenvalue weighted by Gasteiger charge is 2.06. The molecule has 0 aliphatic heterocycles. The standard InChI is InChI=1S/C20H21N3O2S/c1-14-6-8-15(9-7-14)26-13-12-21-19(24)11-10-18-22-17-5-3-2-4-16(17)20(25)23-18/h2-9H,10-13H2,1H3,(H,21,24)(H,22,23,25). The van der Waals surface area contributed by atoms with E-state index in [0.29, 0.717) is 36.1 Å². The van der Waals surface area contributed by atoms with E-state index in [2.05, 4.69) is 46.5 Å². The number of carbonyl (C=O) groups is 1. The first-order valence-corrected chi connectivity index (χ1v) is 9.54. The number of rotatable bonds is 7. The molecular formula is C20H21N3O2S. The fourth-order valence-corrected chi connectivity index (χ4v) is 3.34. The first-order chi connectivity index (χ1) is 12.6. The van der Waals surface area contributed by atoms with Gasteiger partial charge in [-0.1, -0.05) is 29.8 Å². The van der Waals surface area contributed by atoms with Crippen LogP contribution in [0.25, 0.3) is 10.9 Å². The molecule has 0 atom stereocenters. The normalized spacial score (nSPS) is 10.8. The monoisotopic (exact) mass is 367 g/mol. The lowest BCUT2D eigenvalue weighted by Crippen LogP contribution is -2.26. The number of benzene rings is 2. The number of hydrogen-bond acceptors (Lipinski definition) is 4. The van der Waals surface area contributed by atoms with Crippen LogP contribution < -0.4 is 10.9 Å². The minimum atomic E-state index is -0.166. The number of aromatic nitrogens is 2. The Kier molecular flexibility index (Phi) is 6.07. The first kappa shape index (κ1) is 18.2. The number of nitrogens with one attached hydrogen (secondary N) is 2. The van der Waals surface area contributed by atoms with Gasteiger partial charge in [-0.2, -0.15) is 0 Å². The van der Waals surface area contributed by atoms with Crippen molar-refractivity contribution >= 4 is 28.6 Å². The molecule has 1 aromatic heterocycles. The average Bonchev–Trinajstić information content (AvgIpc) is 2.65. The summed E-state index contributed by atoms with van der Waals surface area (Å²) in [6.45, 7) is 2.67. The van der Waals surface area contributed by atoms with Gasteiger partial charge in [-0.15, -0.1) is 11.8 Å². The lowest BCUT2D eigenvalue weighted by molar-refractivity contribution is -0.120. The van der Waals surface area contributed by atoms with Crippen LogP contribution in [0.5, 0.6) is 0 Å². The molecule has 6 heteroatoms. The highest BCUT2D eigenvalue weighted by atomic mass is 32.2. The van der Waals surface area contributed by atoms with Gasteiger partial charge in [0.1, 0.15) is 5.82 Å². The summed E-state index contributed by atoms with van der Waals surface area (Å²) in [5, 5.41) is 3.47. The van der Waals surface area contributed by atoms with Crippen molar-refractivity contribution in [3.8, 4) is 0 Å². The zero-order valence-corrected chi connectivity index (χ0v) is 15.4. The van der Waals surface area contributed by atoms with E-state index >= 15 is 0 Å². The van der Waals surface area contributed by atoms with E-state index in [1.54, 1.807) is 30.0 Å². The molecule has 0 aliphatic carbocycles. The third-order valence-electron chi connectivity index (χ3n) is 3.96. The number of nitrogens with zero attached hydrogens (tertiary/aromatic N) is 1. The summed E-state index contributed by atoms with van der Waals surface area (Å²) in [6, 6.07) is 15.5. The van der Waals surface area contributed by atoms with E-state index in [1.807, 2.05) is 6.07 Å². The van der Waals surface area contributed by atoms with Gasteiger partial charge in [0.15, 0.2) is 0 Å². The Labute approximate surface area is 156 Å². The SMILES string of the molecule is Cc1ccc(SCCNC(=O)CCc2nc3ccccc3c(=O)[nH]2)cc1. The van der Waals surface area contributed by atoms with Crippen LogP contribution in [0, 0.1) is 6.92 Å². The summed E-state index contributed by atoms with van der Waals surface area (Å²) in [5.41, 5.74) is 1.73. The molecule has 3 rings (SSSR count). The van der Waals surface area contributed by atoms with E-state index in [-0.39, 0.29) is 11.5 Å². The van der Waals surface area contributed by atoms with E-state index in [1.165, 1.54) is 10.5 Å². The number of hydrogen-bond donors (Lipinski definition) is 2. The molecule has 0 saturated carbocycles. The van der Waals surface area contributed by atoms with Crippen molar-refractivity contribution in [2.75, 3.05) is 12.3 Å². The van der Waals surface area contributed by atoms with Crippen LogP contribution in [-0.2, 0) is 11.2 Å². The molecule has 0 saturated heterocycles. The molecule has 0 spiro atoms. The molecule has 0 aliphatic rings. The third kappa shape index (κ3) is 4.95. The van der Waals surface area contributed by atoms with Crippen LogP contribution in [0.15, 0.2) is 58.2 Å². The van der Waals surface area contributed by atoms with Crippen molar-refractivity contribution in [3.05, 3.63) is 70.3 Å². The Morgan fingerprint density at radius 1 is 1.15 bits per heavy atom. The molecule has 0 fully saturated rings. The Morgan fingerprint density at radius 3 is 2.73 bits per heavy atom. The van der Waals surface area contributed by atoms with E-state index in [0.717, 1.165) is 5.75 Å². The second-order valence-electron chi connectivity index (χ2n) is 6.04. The van der Waals surface area contributed by atoms with Gasteiger partial charge >= 0.3 is 0 Å². The molecule has 134 valence electrons. The second kappa shape index (κ2) is 8.67. The van der Waals surface area contributed by atoms with Crippen LogP contribution in [-0.4, -0.2) is 28.2 Å². The van der Waals surface area contributed by atoms with Crippen LogP contribution >= 0.6 is 11.8 Å². The van der Waals surface area contributed by atoms with Crippen molar-refractivity contribution in [1.82, 2.24) is 15.3 Å². The smallest absolute Gasteiger partial charge is 0.258 e. The van der Waals surface area contributed by atoms with Gasteiger partial charge in [0.25, 0.3) is 5.56 Å². The number of thioether (sulfide) groups is 1. The number of para-hydroxylation sites is 1. The molecular weight excluding hydrogens is 346 g/mol. The average molecular weight is 367 g/mol. The Balaban J connectivity index is 1.44. The molecule has 0 bridgehead atoms. The maximum absolute atomic E-state index is 12.0. The maximum atomic E-state index is 12.0. The molecule has 2 N–H and O–H groups in total. The van der Waals surface area contributed by atoms with Crippen LogP contribution in [0.4, 0.5) is 0 Å². The second-order valence-corrected chi connectivity index (χ2v) is 7.21. The minimum Gasteiger partial charge on any atom is -0.355 e. The summed E-state index contributed by atoms with van der Waals surface area (Å²) in [5.74, 6) is 1.32. The topological polar surface area (TPSA) is 74.8 Å². The first-order valence-electron chi connectivity index (χ1n) is 8.56. The highest BCUT2D eigenvalue weighted by molar-refractivity contribution is 7.99. The van der Waals surface area contributed by atoms with Gasteiger partial charge in [0.2, 0.25) is 5.91 Å². The Hall–Kier alpha value is -2.60. The summed E-state index contributed by atoms with van der Waals surface area (Å²) in [6.07, 6.45) is 0.716. The van der Waals surface area contributed by atoms with Gasteiger partial charge in [-0.05, 0) is 31.2 Å². The molecule has 26 heavy (non-hydrogen) atoms. The lowest BCUT2D eigenvalue weighted by Gasteiger charge is -2.06. The van der Waals surface area contributed by atoms with Gasteiger partial charge in [-0.25, -0.2) is 4.98 Å². The van der Waals surface area contributed by atoms with Crippen molar-refractivity contribution in [3.63, 3.8) is 0 Å². The lowest BCUT2D eigenvalue weighted by atomic mass is 10.2. The minimum absolute atomic E-state index is 0.0367. The van der Waals surface area contributed by atoms with Gasteiger partial charge in [0.05, 0.1) is 10.9 Å². The van der Waals surface area contributed by atoms with Crippen LogP contribution in [0.1, 0.15) is 17.8 Å². The third-order valence-corrected chi connectivity index (χ3v) is 4.98. The number of carbonyl (C=O) groups excluding carboxylic acids is 1. The predicted octanol–water partition coefficient (Wildman–Crippen LogP) is 3.07. The van der Waals surface area contributed by atoms with Crippen molar-refractivity contribution < 1.29 is 4.79 Å². The molecule has 5 nitrogen and oxygen atoms in total. The fourth-order valence-electron chi connectivity index (χ4n) is 2.57. The van der Waals surface area contributed by atoms with Crippen LogP contribution in [0.3, 0.4) is 0 Å². The van der Waals surface area contributed by atoms with E-state index < -0.39 is 0 Å². The summed E-state index contributed by atoms with van der Waals surface area (Å²) in [4.78, 5) is 32.3. The summed E-state index contributed by atoms with van der Waals surface area (Å²) in [7, 11) is 0. The molecule has 0 unspecified atom stereocenters. The fraction of sp³-hybridized carbons (Fsp3) is 0.250. The van der Waals surface area contributed by atoms with Gasteiger partial charge in [0, 0.05) is 30.0 Å². The summed E-state index contributed by atoms with van der Waals surface area (Å²) < 4.78 is 0. The summed E-state index contributed by atoms with van der Waals surface area (Å²) >= 11 is 1.71. The van der Waals surface area contributed by atoms with Gasteiger partial charge in [-0.3, -0.25) is 9.59 Å². The zero-order chi connectivity index (χ0) is 18.4. The quantitative estimate of drug-likeness (QED) is 0.497. The number of aryl methyl sites for hydroxylation is 2. The Bertz CT molecular complexity index is 951. The van der Waals surface area contributed by atoms with Crippen molar-refractivity contribution in [2.45, 2.75) is 24.7 Å². The molecule has 1 amide bonds. The predicted molar refractivity (Wildman–Crippen MR) is 106 cm³/mol. The van der Waals surface area contributed by atoms with E-state index in [4.69, 9.17) is 0 Å². The van der Waals surface area contributed by atoms with Crippen molar-refractivity contribution in [1.29, 1.82) is 0 Å². The van der Waals surface area contributed by atoms with E-state index in [9.17, 15) is 9.59 Å². The van der Waals surface area contributed by atoms with Crippen molar-refractivity contribution in [2.24, 2.45) is 0 Å². The number of fused-ring (bicyclic) bond motifs is 1. The Morgan fingerprint density at radius 2 is 1.92 bits per heavy atom. The number of amides is 1. The maximum Gasteiger partial charge on any atom is 0.258 e. The van der Waals surface area contributed by atoms with Crippen LogP contribution in [0.2, 0.25) is 0 Å². The number of aromatic amines is 1. The largest absolute Gasteiger partial charge is 0.355 e. The van der Waals surface area contributed by atoms with Gasteiger partial charge < -0.3 is 10.3 Å². The molecule has 1 heterocycles.